The molecule has 6 nitrogen and oxygen atoms in total. The number of rotatable bonds is 10. The topological polar surface area (TPSA) is 106 Å². The molecule has 3 N–H and O–H groups in total. The van der Waals surface area contributed by atoms with Crippen molar-refractivity contribution in [2.24, 2.45) is 0 Å². The van der Waals surface area contributed by atoms with Crippen LogP contribution >= 0.6 is 0 Å². The maximum Gasteiger partial charge on any atom is 0.224 e. The van der Waals surface area contributed by atoms with Crippen molar-refractivity contribution in [3.8, 4) is 0 Å². The molecule has 0 aliphatic rings. The molecule has 0 unspecified atom stereocenters. The highest BCUT2D eigenvalue weighted by Gasteiger charge is 2.10. The third kappa shape index (κ3) is 6.81. The summed E-state index contributed by atoms with van der Waals surface area (Å²) in [7, 11) is -3.25. The number of ketones is 1. The van der Waals surface area contributed by atoms with Crippen molar-refractivity contribution in [1.29, 1.82) is 0 Å². The highest BCUT2D eigenvalue weighted by molar-refractivity contribution is 7.90. The molecule has 0 radical (unpaired) electrons. The number of anilines is 2. The summed E-state index contributed by atoms with van der Waals surface area (Å²) in [4.78, 5) is 24.3. The van der Waals surface area contributed by atoms with Crippen LogP contribution in [0.5, 0.6) is 0 Å². The fraction of sp³-hybridized carbons (Fsp3) is 0.333. The molecule has 0 atom stereocenters. The van der Waals surface area contributed by atoms with Crippen molar-refractivity contribution in [1.82, 2.24) is 0 Å². The van der Waals surface area contributed by atoms with Gasteiger partial charge in [-0.25, -0.2) is 8.42 Å². The van der Waals surface area contributed by atoms with E-state index in [9.17, 15) is 18.0 Å². The predicted octanol–water partition coefficient (Wildman–Crippen LogP) is 3.83. The van der Waals surface area contributed by atoms with Gasteiger partial charge in [0.25, 0.3) is 0 Å². The van der Waals surface area contributed by atoms with Gasteiger partial charge < -0.3 is 11.1 Å². The Labute approximate surface area is 166 Å². The third-order valence-corrected chi connectivity index (χ3v) is 5.53. The molecule has 2 aromatic carbocycles. The van der Waals surface area contributed by atoms with Crippen molar-refractivity contribution in [3.05, 3.63) is 54.1 Å². The molecule has 28 heavy (non-hydrogen) atoms. The van der Waals surface area contributed by atoms with Gasteiger partial charge >= 0.3 is 0 Å². The van der Waals surface area contributed by atoms with E-state index in [2.05, 4.69) is 5.32 Å². The quantitative estimate of drug-likeness (QED) is 0.357. The lowest BCUT2D eigenvalue weighted by Gasteiger charge is -2.07. The Kier molecular flexibility index (Phi) is 7.75. The van der Waals surface area contributed by atoms with E-state index in [1.165, 1.54) is 12.1 Å². The second kappa shape index (κ2) is 10.0. The molecule has 0 aliphatic heterocycles. The van der Waals surface area contributed by atoms with E-state index in [1.54, 1.807) is 24.3 Å². The van der Waals surface area contributed by atoms with Crippen LogP contribution in [0.4, 0.5) is 11.4 Å². The number of nitrogens with one attached hydrogen (secondary N) is 1. The first kappa shape index (κ1) is 21.6. The average Bonchev–Trinajstić information content (AvgIpc) is 2.65. The molecule has 150 valence electrons. The van der Waals surface area contributed by atoms with Gasteiger partial charge in [-0.05, 0) is 37.1 Å². The Morgan fingerprint density at radius 3 is 2.11 bits per heavy atom. The van der Waals surface area contributed by atoms with Gasteiger partial charge in [-0.1, -0.05) is 37.1 Å². The van der Waals surface area contributed by atoms with Crippen LogP contribution in [0.3, 0.4) is 0 Å². The highest BCUT2D eigenvalue weighted by Crippen LogP contribution is 2.18. The van der Waals surface area contributed by atoms with E-state index in [0.717, 1.165) is 31.9 Å². The molecule has 0 saturated carbocycles. The maximum atomic E-state index is 12.2. The van der Waals surface area contributed by atoms with E-state index < -0.39 is 9.84 Å². The Hall–Kier alpha value is -2.67. The lowest BCUT2D eigenvalue weighted by atomic mass is 10.0. The Morgan fingerprint density at radius 2 is 1.50 bits per heavy atom. The van der Waals surface area contributed by atoms with Crippen molar-refractivity contribution < 1.29 is 18.0 Å². The average molecular weight is 403 g/mol. The molecule has 0 heterocycles. The summed E-state index contributed by atoms with van der Waals surface area (Å²) in [6.07, 6.45) is 5.15. The molecule has 0 spiro atoms. The Bertz CT molecular complexity index is 922. The van der Waals surface area contributed by atoms with Gasteiger partial charge in [0, 0.05) is 24.7 Å². The number of nitrogen functional groups attached to an aromatic ring is 1. The van der Waals surface area contributed by atoms with Crippen LogP contribution in [-0.2, 0) is 14.6 Å². The van der Waals surface area contributed by atoms with Crippen LogP contribution < -0.4 is 11.1 Å². The number of carbonyl (C=O) groups excluding carboxylic acids is 2. The van der Waals surface area contributed by atoms with E-state index in [4.69, 9.17) is 5.73 Å². The van der Waals surface area contributed by atoms with Crippen LogP contribution in [0.25, 0.3) is 0 Å². The van der Waals surface area contributed by atoms with Gasteiger partial charge in [0.05, 0.1) is 16.3 Å². The molecule has 0 aromatic heterocycles. The van der Waals surface area contributed by atoms with Crippen molar-refractivity contribution in [2.45, 2.75) is 43.4 Å². The van der Waals surface area contributed by atoms with Crippen molar-refractivity contribution in [3.63, 3.8) is 0 Å². The van der Waals surface area contributed by atoms with Crippen LogP contribution in [-0.4, -0.2) is 26.4 Å². The largest absolute Gasteiger partial charge is 0.397 e. The first-order valence-corrected chi connectivity index (χ1v) is 11.1. The first-order valence-electron chi connectivity index (χ1n) is 9.25. The van der Waals surface area contributed by atoms with Gasteiger partial charge in [0.2, 0.25) is 5.91 Å². The Balaban J connectivity index is 1.64. The smallest absolute Gasteiger partial charge is 0.224 e. The van der Waals surface area contributed by atoms with Gasteiger partial charge in [0.15, 0.2) is 15.6 Å². The molecule has 0 bridgehead atoms. The summed E-state index contributed by atoms with van der Waals surface area (Å²) in [5.41, 5.74) is 7.48. The summed E-state index contributed by atoms with van der Waals surface area (Å²) in [6, 6.07) is 13.2. The molecular formula is C21H26N2O4S. The van der Waals surface area contributed by atoms with Crippen molar-refractivity contribution >= 4 is 32.9 Å². The number of sulfone groups is 1. The minimum absolute atomic E-state index is 0.00246. The lowest BCUT2D eigenvalue weighted by Crippen LogP contribution is -2.12. The number of amides is 1. The fourth-order valence-corrected chi connectivity index (χ4v) is 3.41. The summed E-state index contributed by atoms with van der Waals surface area (Å²) in [5, 5.41) is 2.80. The van der Waals surface area contributed by atoms with E-state index in [1.807, 2.05) is 12.1 Å². The first-order chi connectivity index (χ1) is 13.3. The lowest BCUT2D eigenvalue weighted by molar-refractivity contribution is -0.116. The minimum atomic E-state index is -3.25. The maximum absolute atomic E-state index is 12.2. The number of hydrogen-bond donors (Lipinski definition) is 2. The van der Waals surface area contributed by atoms with Crippen LogP contribution in [0.1, 0.15) is 48.9 Å². The number of carbonyl (C=O) groups is 2. The predicted molar refractivity (Wildman–Crippen MR) is 111 cm³/mol. The minimum Gasteiger partial charge on any atom is -0.397 e. The van der Waals surface area contributed by atoms with Gasteiger partial charge in [-0.3, -0.25) is 9.59 Å². The SMILES string of the molecule is CS(=O)(=O)c1ccc(C(=O)CCCCCCC(=O)Nc2ccccc2N)cc1. The summed E-state index contributed by atoms with van der Waals surface area (Å²) >= 11 is 0. The summed E-state index contributed by atoms with van der Waals surface area (Å²) in [5.74, 6) is -0.0720. The number of nitrogens with two attached hydrogens (primary N) is 1. The zero-order valence-corrected chi connectivity index (χ0v) is 16.8. The number of unbranched alkanes of at least 4 members (excludes halogenated alkanes) is 3. The van der Waals surface area contributed by atoms with E-state index in [0.29, 0.717) is 29.8 Å². The molecule has 2 rings (SSSR count). The zero-order chi connectivity index (χ0) is 20.6. The van der Waals surface area contributed by atoms with Gasteiger partial charge in [0.1, 0.15) is 0 Å². The highest BCUT2D eigenvalue weighted by atomic mass is 32.2. The number of benzene rings is 2. The van der Waals surface area contributed by atoms with Crippen LogP contribution in [0, 0.1) is 0 Å². The number of Topliss-reactive ketones (excluding diaryl/α,β-unsaturated/α-hetero) is 1. The molecule has 7 heteroatoms. The molecule has 0 aliphatic carbocycles. The molecule has 0 saturated heterocycles. The summed E-state index contributed by atoms with van der Waals surface area (Å²) in [6.45, 7) is 0. The Morgan fingerprint density at radius 1 is 0.893 bits per heavy atom. The van der Waals surface area contributed by atoms with Crippen molar-refractivity contribution in [2.75, 3.05) is 17.3 Å². The van der Waals surface area contributed by atoms with Gasteiger partial charge in [-0.2, -0.15) is 0 Å². The fourth-order valence-electron chi connectivity index (χ4n) is 2.78. The van der Waals surface area contributed by atoms with Crippen LogP contribution in [0.15, 0.2) is 53.4 Å². The monoisotopic (exact) mass is 402 g/mol. The normalized spacial score (nSPS) is 11.2. The van der Waals surface area contributed by atoms with Crippen LogP contribution in [0.2, 0.25) is 0 Å². The van der Waals surface area contributed by atoms with E-state index >= 15 is 0 Å². The number of para-hydroxylation sites is 2. The second-order valence-corrected chi connectivity index (χ2v) is 8.79. The molecule has 1 amide bonds. The molecular weight excluding hydrogens is 376 g/mol. The molecule has 2 aromatic rings. The van der Waals surface area contributed by atoms with E-state index in [-0.39, 0.29) is 16.6 Å². The standard InChI is InChI=1S/C21H26N2O4S/c1-28(26,27)17-14-12-16(13-15-17)20(24)10-4-2-3-5-11-21(25)23-19-9-7-6-8-18(19)22/h6-9,12-15H,2-5,10-11,22H2,1H3,(H,23,25). The third-order valence-electron chi connectivity index (χ3n) is 4.40. The zero-order valence-electron chi connectivity index (χ0n) is 16.0. The molecule has 0 fully saturated rings. The van der Waals surface area contributed by atoms with Gasteiger partial charge in [-0.15, -0.1) is 0 Å². The number of hydrogen-bond acceptors (Lipinski definition) is 5. The summed E-state index contributed by atoms with van der Waals surface area (Å²) < 4.78 is 22.9. The second-order valence-electron chi connectivity index (χ2n) is 6.77.